The second-order valence-electron chi connectivity index (χ2n) is 6.33. The van der Waals surface area contributed by atoms with E-state index >= 15 is 0 Å². The summed E-state index contributed by atoms with van der Waals surface area (Å²) in [5.41, 5.74) is 3.12. The van der Waals surface area contributed by atoms with E-state index in [9.17, 15) is 14.9 Å². The second kappa shape index (κ2) is 7.16. The van der Waals surface area contributed by atoms with E-state index in [-0.39, 0.29) is 5.69 Å². The SMILES string of the molecule is Cc1cc([N+](=O)[O-])ccc1-c1ccc(C=NNC(=O)OC(C)(C)C)o1. The number of hydrazone groups is 1. The van der Waals surface area contributed by atoms with E-state index < -0.39 is 16.6 Å². The van der Waals surface area contributed by atoms with Gasteiger partial charge in [0.15, 0.2) is 0 Å². The van der Waals surface area contributed by atoms with Gasteiger partial charge in [0.05, 0.1) is 11.1 Å². The van der Waals surface area contributed by atoms with E-state index in [1.54, 1.807) is 45.9 Å². The first-order chi connectivity index (χ1) is 11.7. The summed E-state index contributed by atoms with van der Waals surface area (Å²) in [6.07, 6.45) is 0.676. The van der Waals surface area contributed by atoms with Crippen molar-refractivity contribution in [2.24, 2.45) is 5.10 Å². The molecule has 25 heavy (non-hydrogen) atoms. The topological polar surface area (TPSA) is 107 Å². The summed E-state index contributed by atoms with van der Waals surface area (Å²) >= 11 is 0. The van der Waals surface area contributed by atoms with Crippen molar-refractivity contribution in [3.63, 3.8) is 0 Å². The Hall–Kier alpha value is -3.16. The molecule has 0 aliphatic carbocycles. The minimum absolute atomic E-state index is 0.0242. The molecule has 1 aromatic heterocycles. The Labute approximate surface area is 144 Å². The molecule has 1 heterocycles. The number of hydrogen-bond acceptors (Lipinski definition) is 6. The summed E-state index contributed by atoms with van der Waals surface area (Å²) in [4.78, 5) is 21.8. The number of hydrogen-bond donors (Lipinski definition) is 1. The number of carbonyl (C=O) groups is 1. The fourth-order valence-corrected chi connectivity index (χ4v) is 2.05. The first kappa shape index (κ1) is 18.2. The molecule has 8 heteroatoms. The number of benzene rings is 1. The lowest BCUT2D eigenvalue weighted by molar-refractivity contribution is -0.384. The molecule has 0 atom stereocenters. The Morgan fingerprint density at radius 3 is 2.64 bits per heavy atom. The van der Waals surface area contributed by atoms with Gasteiger partial charge in [0, 0.05) is 17.7 Å². The predicted molar refractivity (Wildman–Crippen MR) is 92.5 cm³/mol. The van der Waals surface area contributed by atoms with Crippen LogP contribution in [-0.2, 0) is 4.74 Å². The Morgan fingerprint density at radius 1 is 1.32 bits per heavy atom. The second-order valence-corrected chi connectivity index (χ2v) is 6.33. The van der Waals surface area contributed by atoms with Gasteiger partial charge in [-0.05, 0) is 51.5 Å². The molecule has 0 aliphatic heterocycles. The molecule has 0 saturated carbocycles. The van der Waals surface area contributed by atoms with Crippen LogP contribution in [0.1, 0.15) is 32.1 Å². The zero-order valence-corrected chi connectivity index (χ0v) is 14.4. The normalized spacial score (nSPS) is 11.5. The average Bonchev–Trinajstić information content (AvgIpc) is 2.93. The van der Waals surface area contributed by atoms with Crippen molar-refractivity contribution >= 4 is 18.0 Å². The summed E-state index contributed by atoms with van der Waals surface area (Å²) < 4.78 is 10.7. The van der Waals surface area contributed by atoms with Crippen molar-refractivity contribution in [2.75, 3.05) is 0 Å². The number of amides is 1. The van der Waals surface area contributed by atoms with Crippen LogP contribution in [0.5, 0.6) is 0 Å². The van der Waals surface area contributed by atoms with Crippen LogP contribution in [0, 0.1) is 17.0 Å². The van der Waals surface area contributed by atoms with E-state index in [2.05, 4.69) is 10.5 Å². The molecular formula is C17H19N3O5. The molecule has 0 unspecified atom stereocenters. The fraction of sp³-hybridized carbons (Fsp3) is 0.294. The van der Waals surface area contributed by atoms with E-state index in [4.69, 9.17) is 9.15 Å². The first-order valence-electron chi connectivity index (χ1n) is 7.53. The average molecular weight is 345 g/mol. The molecule has 2 aromatic rings. The number of nitro groups is 1. The first-order valence-corrected chi connectivity index (χ1v) is 7.53. The molecule has 1 amide bonds. The van der Waals surface area contributed by atoms with Crippen LogP contribution in [0.15, 0.2) is 39.9 Å². The zero-order valence-electron chi connectivity index (χ0n) is 14.4. The van der Waals surface area contributed by atoms with Gasteiger partial charge >= 0.3 is 6.09 Å². The van der Waals surface area contributed by atoms with E-state index in [0.29, 0.717) is 11.5 Å². The fourth-order valence-electron chi connectivity index (χ4n) is 2.05. The van der Waals surface area contributed by atoms with Crippen LogP contribution in [0.3, 0.4) is 0 Å². The molecular weight excluding hydrogens is 326 g/mol. The molecule has 8 nitrogen and oxygen atoms in total. The largest absolute Gasteiger partial charge is 0.455 e. The van der Waals surface area contributed by atoms with Gasteiger partial charge in [0.2, 0.25) is 0 Å². The van der Waals surface area contributed by atoms with Crippen LogP contribution in [0.2, 0.25) is 0 Å². The highest BCUT2D eigenvalue weighted by Gasteiger charge is 2.15. The molecule has 0 spiro atoms. The van der Waals surface area contributed by atoms with Crippen molar-refractivity contribution in [3.8, 4) is 11.3 Å². The van der Waals surface area contributed by atoms with Crippen molar-refractivity contribution in [1.82, 2.24) is 5.43 Å². The molecule has 0 fully saturated rings. The third-order valence-electron chi connectivity index (χ3n) is 3.06. The minimum Gasteiger partial charge on any atom is -0.455 e. The number of carbonyl (C=O) groups excluding carboxylic acids is 1. The van der Waals surface area contributed by atoms with Crippen LogP contribution in [0.25, 0.3) is 11.3 Å². The summed E-state index contributed by atoms with van der Waals surface area (Å²) in [6.45, 7) is 7.02. The highest BCUT2D eigenvalue weighted by atomic mass is 16.6. The Morgan fingerprint density at radius 2 is 2.04 bits per heavy atom. The number of nitrogens with one attached hydrogen (secondary N) is 1. The maximum Gasteiger partial charge on any atom is 0.428 e. The lowest BCUT2D eigenvalue weighted by Crippen LogP contribution is -2.29. The quantitative estimate of drug-likeness (QED) is 0.511. The lowest BCUT2D eigenvalue weighted by atomic mass is 10.1. The molecule has 1 aromatic carbocycles. The van der Waals surface area contributed by atoms with Crippen molar-refractivity contribution in [3.05, 3.63) is 51.8 Å². The summed E-state index contributed by atoms with van der Waals surface area (Å²) in [5.74, 6) is 0.968. The smallest absolute Gasteiger partial charge is 0.428 e. The van der Waals surface area contributed by atoms with Gasteiger partial charge in [-0.2, -0.15) is 5.10 Å². The Balaban J connectivity index is 2.06. The molecule has 2 rings (SSSR count). The lowest BCUT2D eigenvalue weighted by Gasteiger charge is -2.18. The highest BCUT2D eigenvalue weighted by molar-refractivity contribution is 5.79. The number of non-ortho nitro benzene ring substituents is 1. The Bertz CT molecular complexity index is 818. The minimum atomic E-state index is -0.665. The number of nitro benzene ring substituents is 1. The van der Waals surface area contributed by atoms with Crippen molar-refractivity contribution < 1.29 is 18.9 Å². The van der Waals surface area contributed by atoms with E-state index in [1.807, 2.05) is 0 Å². The number of aryl methyl sites for hydroxylation is 1. The summed E-state index contributed by atoms with van der Waals surface area (Å²) in [6, 6.07) is 7.93. The van der Waals surface area contributed by atoms with E-state index in [0.717, 1.165) is 11.1 Å². The van der Waals surface area contributed by atoms with Gasteiger partial charge in [0.25, 0.3) is 5.69 Å². The maximum absolute atomic E-state index is 11.5. The third kappa shape index (κ3) is 5.17. The summed E-state index contributed by atoms with van der Waals surface area (Å²) in [7, 11) is 0. The molecule has 0 aliphatic rings. The number of ether oxygens (including phenoxy) is 1. The summed E-state index contributed by atoms with van der Waals surface area (Å²) in [5, 5.41) is 14.5. The Kier molecular flexibility index (Phi) is 5.21. The van der Waals surface area contributed by atoms with Gasteiger partial charge in [0.1, 0.15) is 17.1 Å². The maximum atomic E-state index is 11.5. The molecule has 0 radical (unpaired) electrons. The van der Waals surface area contributed by atoms with Crippen molar-refractivity contribution in [2.45, 2.75) is 33.3 Å². The van der Waals surface area contributed by atoms with Gasteiger partial charge in [-0.15, -0.1) is 0 Å². The number of rotatable bonds is 4. The van der Waals surface area contributed by atoms with Crippen LogP contribution >= 0.6 is 0 Å². The molecule has 1 N–H and O–H groups in total. The van der Waals surface area contributed by atoms with E-state index in [1.165, 1.54) is 18.3 Å². The van der Waals surface area contributed by atoms with Gasteiger partial charge in [-0.25, -0.2) is 10.2 Å². The van der Waals surface area contributed by atoms with Gasteiger partial charge < -0.3 is 9.15 Å². The van der Waals surface area contributed by atoms with Crippen LogP contribution in [0.4, 0.5) is 10.5 Å². The van der Waals surface area contributed by atoms with Gasteiger partial charge in [-0.1, -0.05) is 0 Å². The standard InChI is InChI=1S/C17H19N3O5/c1-11-9-12(20(22)23)5-7-14(11)15-8-6-13(24-15)10-18-19-16(21)25-17(2,3)4/h5-10H,1-4H3,(H,19,21). The third-order valence-corrected chi connectivity index (χ3v) is 3.06. The zero-order chi connectivity index (χ0) is 18.6. The van der Waals surface area contributed by atoms with Crippen LogP contribution in [-0.4, -0.2) is 22.8 Å². The van der Waals surface area contributed by atoms with Gasteiger partial charge in [-0.3, -0.25) is 10.1 Å². The monoisotopic (exact) mass is 345 g/mol. The number of furan rings is 1. The highest BCUT2D eigenvalue weighted by Crippen LogP contribution is 2.28. The molecule has 0 saturated heterocycles. The molecule has 0 bridgehead atoms. The van der Waals surface area contributed by atoms with Crippen molar-refractivity contribution in [1.29, 1.82) is 0 Å². The molecule has 132 valence electrons. The predicted octanol–water partition coefficient (Wildman–Crippen LogP) is 4.02. The van der Waals surface area contributed by atoms with Crippen LogP contribution < -0.4 is 5.43 Å². The number of nitrogens with zero attached hydrogens (tertiary/aromatic N) is 2.